The van der Waals surface area contributed by atoms with Gasteiger partial charge in [-0.25, -0.2) is 5.84 Å². The lowest BCUT2D eigenvalue weighted by Crippen LogP contribution is -2.15. The van der Waals surface area contributed by atoms with E-state index in [1.54, 1.807) is 0 Å². The van der Waals surface area contributed by atoms with Gasteiger partial charge in [-0.3, -0.25) is 5.43 Å². The van der Waals surface area contributed by atoms with E-state index in [-0.39, 0.29) is 24.1 Å². The number of nitrogens with one attached hydrogen (secondary N) is 1. The fraction of sp³-hybridized carbons (Fsp3) is 0.308. The molecule has 0 aliphatic heterocycles. The van der Waals surface area contributed by atoms with E-state index in [1.807, 2.05) is 39.0 Å². The van der Waals surface area contributed by atoms with Gasteiger partial charge in [-0.05, 0) is 44.5 Å². The van der Waals surface area contributed by atoms with Crippen LogP contribution in [0.1, 0.15) is 19.4 Å². The van der Waals surface area contributed by atoms with E-state index in [4.69, 9.17) is 15.3 Å². The van der Waals surface area contributed by atoms with Crippen molar-refractivity contribution in [1.29, 1.82) is 0 Å². The van der Waals surface area contributed by atoms with Gasteiger partial charge in [-0.2, -0.15) is 9.97 Å². The predicted molar refractivity (Wildman–Crippen MR) is 82.4 cm³/mol. The average Bonchev–Trinajstić information content (AvgIpc) is 2.41. The third kappa shape index (κ3) is 4.27. The van der Waals surface area contributed by atoms with Crippen LogP contribution in [0.5, 0.6) is 17.8 Å². The molecule has 0 aliphatic rings. The summed E-state index contributed by atoms with van der Waals surface area (Å²) in [5.41, 5.74) is 3.30. The number of hydrazine groups is 1. The highest BCUT2D eigenvalue weighted by Gasteiger charge is 2.11. The van der Waals surface area contributed by atoms with Crippen LogP contribution in [0.3, 0.4) is 0 Å². The van der Waals surface area contributed by atoms with Crippen LogP contribution in [-0.4, -0.2) is 21.1 Å². The number of hydrogen-bond donors (Lipinski definition) is 2. The number of aryl methyl sites for hydroxylation is 1. The molecule has 0 atom stereocenters. The molecule has 0 saturated carbocycles. The van der Waals surface area contributed by atoms with Crippen molar-refractivity contribution >= 4 is 21.9 Å². The van der Waals surface area contributed by atoms with E-state index >= 15 is 0 Å². The molecule has 21 heavy (non-hydrogen) atoms. The van der Waals surface area contributed by atoms with Gasteiger partial charge < -0.3 is 9.47 Å². The molecule has 1 aromatic carbocycles. The molecule has 1 heterocycles. The molecule has 2 aromatic rings. The van der Waals surface area contributed by atoms with E-state index in [0.29, 0.717) is 5.75 Å². The van der Waals surface area contributed by atoms with Crippen molar-refractivity contribution in [2.45, 2.75) is 26.9 Å². The van der Waals surface area contributed by atoms with Gasteiger partial charge in [0.25, 0.3) is 0 Å². The number of nitrogens with two attached hydrogens (primary N) is 1. The number of benzene rings is 1. The normalized spacial score (nSPS) is 10.6. The zero-order chi connectivity index (χ0) is 15.4. The first kappa shape index (κ1) is 15.5. The lowest BCUT2D eigenvalue weighted by atomic mass is 10.2. The van der Waals surface area contributed by atoms with Gasteiger partial charge in [0.05, 0.1) is 6.10 Å². The Labute approximate surface area is 131 Å². The SMILES string of the molecule is Cc1cc(Br)ccc1Oc1nc(NN)nc(OC(C)C)n1. The summed E-state index contributed by atoms with van der Waals surface area (Å²) in [4.78, 5) is 12.2. The van der Waals surface area contributed by atoms with Gasteiger partial charge in [0.1, 0.15) is 5.75 Å². The summed E-state index contributed by atoms with van der Waals surface area (Å²) in [5, 5.41) is 0. The molecule has 0 saturated heterocycles. The summed E-state index contributed by atoms with van der Waals surface area (Å²) in [7, 11) is 0. The topological polar surface area (TPSA) is 95.2 Å². The fourth-order valence-electron chi connectivity index (χ4n) is 1.54. The molecule has 0 spiro atoms. The first-order valence-electron chi connectivity index (χ1n) is 6.31. The molecule has 0 aliphatic carbocycles. The largest absolute Gasteiger partial charge is 0.461 e. The Hall–Kier alpha value is -1.93. The monoisotopic (exact) mass is 353 g/mol. The van der Waals surface area contributed by atoms with Gasteiger partial charge in [-0.1, -0.05) is 15.9 Å². The first-order chi connectivity index (χ1) is 9.97. The summed E-state index contributed by atoms with van der Waals surface area (Å²) < 4.78 is 12.1. The number of nitrogen functional groups attached to an aromatic ring is 1. The highest BCUT2D eigenvalue weighted by atomic mass is 79.9. The Morgan fingerprint density at radius 2 is 1.90 bits per heavy atom. The van der Waals surface area contributed by atoms with Crippen molar-refractivity contribution in [2.24, 2.45) is 5.84 Å². The maximum Gasteiger partial charge on any atom is 0.330 e. The quantitative estimate of drug-likeness (QED) is 0.630. The Bertz CT molecular complexity index is 636. The summed E-state index contributed by atoms with van der Waals surface area (Å²) in [6.45, 7) is 5.67. The van der Waals surface area contributed by atoms with Crippen LogP contribution in [-0.2, 0) is 0 Å². The van der Waals surface area contributed by atoms with E-state index < -0.39 is 0 Å². The molecule has 2 rings (SSSR count). The van der Waals surface area contributed by atoms with E-state index in [1.165, 1.54) is 0 Å². The van der Waals surface area contributed by atoms with Crippen LogP contribution < -0.4 is 20.7 Å². The van der Waals surface area contributed by atoms with E-state index in [0.717, 1.165) is 10.0 Å². The van der Waals surface area contributed by atoms with Crippen molar-refractivity contribution in [3.63, 3.8) is 0 Å². The number of halogens is 1. The van der Waals surface area contributed by atoms with Crippen LogP contribution in [0.2, 0.25) is 0 Å². The number of anilines is 1. The van der Waals surface area contributed by atoms with Crippen molar-refractivity contribution in [1.82, 2.24) is 15.0 Å². The van der Waals surface area contributed by atoms with Crippen LogP contribution in [0.15, 0.2) is 22.7 Å². The molecule has 0 radical (unpaired) electrons. The number of ether oxygens (including phenoxy) is 2. The second kappa shape index (κ2) is 6.68. The van der Waals surface area contributed by atoms with Crippen LogP contribution in [0.25, 0.3) is 0 Å². The Morgan fingerprint density at radius 3 is 2.52 bits per heavy atom. The van der Waals surface area contributed by atoms with Crippen molar-refractivity contribution in [3.05, 3.63) is 28.2 Å². The van der Waals surface area contributed by atoms with Gasteiger partial charge >= 0.3 is 12.0 Å². The predicted octanol–water partition coefficient (Wildman–Crippen LogP) is 2.81. The zero-order valence-electron chi connectivity index (χ0n) is 11.9. The summed E-state index contributed by atoms with van der Waals surface area (Å²) >= 11 is 3.40. The minimum atomic E-state index is -0.0692. The molecule has 8 heteroatoms. The molecular weight excluding hydrogens is 338 g/mol. The summed E-state index contributed by atoms with van der Waals surface area (Å²) in [6.07, 6.45) is -0.0692. The second-order valence-corrected chi connectivity index (χ2v) is 5.46. The van der Waals surface area contributed by atoms with E-state index in [2.05, 4.69) is 36.3 Å². The molecule has 0 unspecified atom stereocenters. The van der Waals surface area contributed by atoms with Crippen LogP contribution >= 0.6 is 15.9 Å². The minimum absolute atomic E-state index is 0.0692. The Kier molecular flexibility index (Phi) is 4.92. The lowest BCUT2D eigenvalue weighted by molar-refractivity contribution is 0.218. The molecule has 3 N–H and O–H groups in total. The number of nitrogens with zero attached hydrogens (tertiary/aromatic N) is 3. The lowest BCUT2D eigenvalue weighted by Gasteiger charge is -2.11. The third-order valence-corrected chi connectivity index (χ3v) is 2.90. The smallest absolute Gasteiger partial charge is 0.330 e. The highest BCUT2D eigenvalue weighted by Crippen LogP contribution is 2.26. The van der Waals surface area contributed by atoms with Crippen LogP contribution in [0.4, 0.5) is 5.95 Å². The molecular formula is C13H16BrN5O2. The minimum Gasteiger partial charge on any atom is -0.461 e. The maximum atomic E-state index is 5.67. The average molecular weight is 354 g/mol. The molecule has 0 fully saturated rings. The maximum absolute atomic E-state index is 5.67. The van der Waals surface area contributed by atoms with Crippen molar-refractivity contribution in [3.8, 4) is 17.8 Å². The molecule has 112 valence electrons. The molecule has 0 amide bonds. The van der Waals surface area contributed by atoms with Crippen LogP contribution in [0, 0.1) is 6.92 Å². The first-order valence-corrected chi connectivity index (χ1v) is 7.10. The Balaban J connectivity index is 2.29. The second-order valence-electron chi connectivity index (χ2n) is 4.55. The molecule has 1 aromatic heterocycles. The third-order valence-electron chi connectivity index (χ3n) is 2.40. The Morgan fingerprint density at radius 1 is 1.19 bits per heavy atom. The highest BCUT2D eigenvalue weighted by molar-refractivity contribution is 9.10. The number of rotatable bonds is 5. The van der Waals surface area contributed by atoms with E-state index in [9.17, 15) is 0 Å². The number of aromatic nitrogens is 3. The van der Waals surface area contributed by atoms with Gasteiger partial charge in [0.2, 0.25) is 5.95 Å². The summed E-state index contributed by atoms with van der Waals surface area (Å²) in [5.74, 6) is 6.15. The van der Waals surface area contributed by atoms with Gasteiger partial charge in [-0.15, -0.1) is 4.98 Å². The van der Waals surface area contributed by atoms with Crippen molar-refractivity contribution in [2.75, 3.05) is 5.43 Å². The van der Waals surface area contributed by atoms with Gasteiger partial charge in [0, 0.05) is 4.47 Å². The zero-order valence-corrected chi connectivity index (χ0v) is 13.5. The van der Waals surface area contributed by atoms with Gasteiger partial charge in [0.15, 0.2) is 0 Å². The molecule has 7 nitrogen and oxygen atoms in total. The molecule has 0 bridgehead atoms. The standard InChI is InChI=1S/C13H16BrN5O2/c1-7(2)20-12-16-11(19-15)17-13(18-12)21-10-5-4-9(14)6-8(10)3/h4-7H,15H2,1-3H3,(H,16,17,18,19). The van der Waals surface area contributed by atoms with Crippen molar-refractivity contribution < 1.29 is 9.47 Å². The fourth-order valence-corrected chi connectivity index (χ4v) is 2.01. The summed E-state index contributed by atoms with van der Waals surface area (Å²) in [6, 6.07) is 5.89. The number of hydrogen-bond acceptors (Lipinski definition) is 7.